The summed E-state index contributed by atoms with van der Waals surface area (Å²) >= 11 is 0. The molecule has 0 radical (unpaired) electrons. The van der Waals surface area contributed by atoms with E-state index >= 15 is 0 Å². The number of hydroxylamine groups is 2. The molecule has 118 valence electrons. The maximum absolute atomic E-state index is 5.64. The molecule has 2 aliphatic heterocycles. The fourth-order valence-electron chi connectivity index (χ4n) is 2.86. The topological polar surface area (TPSA) is 40.4 Å². The second-order valence-electron chi connectivity index (χ2n) is 5.94. The van der Waals surface area contributed by atoms with Crippen molar-refractivity contribution in [2.24, 2.45) is 9.98 Å². The van der Waals surface area contributed by atoms with Crippen molar-refractivity contribution in [3.63, 3.8) is 0 Å². The second-order valence-corrected chi connectivity index (χ2v) is 5.94. The molecule has 0 aliphatic carbocycles. The lowest BCUT2D eigenvalue weighted by atomic mass is 10.1. The van der Waals surface area contributed by atoms with Gasteiger partial charge >= 0.3 is 0 Å². The molecule has 0 bridgehead atoms. The number of hydrogen-bond donors (Lipinski definition) is 0. The number of amidine groups is 1. The van der Waals surface area contributed by atoms with Crippen LogP contribution in [0.4, 0.5) is 5.69 Å². The van der Waals surface area contributed by atoms with Gasteiger partial charge in [0.15, 0.2) is 0 Å². The van der Waals surface area contributed by atoms with Gasteiger partial charge in [0.25, 0.3) is 0 Å². The van der Waals surface area contributed by atoms with Gasteiger partial charge in [0.2, 0.25) is 5.96 Å². The molecule has 0 aromatic heterocycles. The maximum atomic E-state index is 5.64. The summed E-state index contributed by atoms with van der Waals surface area (Å²) in [7, 11) is 1.92. The molecule has 2 heterocycles. The lowest BCUT2D eigenvalue weighted by Gasteiger charge is -2.28. The SMILES string of the molecule is CC1C/C(=N\C(=N\c2ccccc2)N2CCCCC2)N(C)O1. The molecular formula is C17H24N4O. The van der Waals surface area contributed by atoms with Crippen molar-refractivity contribution >= 4 is 17.5 Å². The summed E-state index contributed by atoms with van der Waals surface area (Å²) in [6.07, 6.45) is 4.73. The average Bonchev–Trinajstić information content (AvgIpc) is 2.86. The van der Waals surface area contributed by atoms with E-state index in [2.05, 4.69) is 11.8 Å². The second kappa shape index (κ2) is 6.92. The Labute approximate surface area is 132 Å². The Morgan fingerprint density at radius 2 is 1.86 bits per heavy atom. The van der Waals surface area contributed by atoms with Gasteiger partial charge in [0, 0.05) is 26.6 Å². The average molecular weight is 300 g/mol. The van der Waals surface area contributed by atoms with Gasteiger partial charge in [0.05, 0.1) is 11.8 Å². The van der Waals surface area contributed by atoms with E-state index in [-0.39, 0.29) is 6.10 Å². The van der Waals surface area contributed by atoms with Crippen LogP contribution in [0.5, 0.6) is 0 Å². The minimum absolute atomic E-state index is 0.183. The largest absolute Gasteiger partial charge is 0.341 e. The van der Waals surface area contributed by atoms with Crippen LogP contribution in [0.1, 0.15) is 32.6 Å². The van der Waals surface area contributed by atoms with Gasteiger partial charge in [-0.25, -0.2) is 10.1 Å². The Balaban J connectivity index is 1.89. The van der Waals surface area contributed by atoms with Gasteiger partial charge in [-0.1, -0.05) is 18.2 Å². The zero-order valence-corrected chi connectivity index (χ0v) is 13.4. The predicted octanol–water partition coefficient (Wildman–Crippen LogP) is 3.21. The van der Waals surface area contributed by atoms with Crippen LogP contribution in [0.3, 0.4) is 0 Å². The molecule has 0 spiro atoms. The highest BCUT2D eigenvalue weighted by molar-refractivity contribution is 5.97. The summed E-state index contributed by atoms with van der Waals surface area (Å²) in [6, 6.07) is 10.0. The van der Waals surface area contributed by atoms with E-state index in [0.717, 1.165) is 37.0 Å². The lowest BCUT2D eigenvalue weighted by molar-refractivity contribution is -0.0889. The quantitative estimate of drug-likeness (QED) is 0.590. The minimum Gasteiger partial charge on any atom is -0.341 e. The number of piperidine rings is 1. The number of likely N-dealkylation sites (tertiary alicyclic amines) is 1. The summed E-state index contributed by atoms with van der Waals surface area (Å²) in [5, 5.41) is 1.77. The molecule has 5 heteroatoms. The van der Waals surface area contributed by atoms with Crippen LogP contribution >= 0.6 is 0 Å². The van der Waals surface area contributed by atoms with E-state index in [1.54, 1.807) is 5.06 Å². The Morgan fingerprint density at radius 1 is 1.14 bits per heavy atom. The fourth-order valence-corrected chi connectivity index (χ4v) is 2.86. The number of nitrogens with zero attached hydrogens (tertiary/aromatic N) is 4. The summed E-state index contributed by atoms with van der Waals surface area (Å²) in [5.74, 6) is 1.76. The molecular weight excluding hydrogens is 276 g/mol. The Kier molecular flexibility index (Phi) is 4.73. The van der Waals surface area contributed by atoms with Crippen molar-refractivity contribution in [2.45, 2.75) is 38.7 Å². The molecule has 5 nitrogen and oxygen atoms in total. The van der Waals surface area contributed by atoms with Gasteiger partial charge < -0.3 is 4.90 Å². The Bertz CT molecular complexity index is 549. The summed E-state index contributed by atoms with van der Waals surface area (Å²) in [5.41, 5.74) is 0.946. The smallest absolute Gasteiger partial charge is 0.227 e. The molecule has 2 aliphatic rings. The molecule has 2 fully saturated rings. The highest BCUT2D eigenvalue weighted by atomic mass is 16.7. The van der Waals surface area contributed by atoms with Crippen molar-refractivity contribution in [1.82, 2.24) is 9.96 Å². The van der Waals surface area contributed by atoms with Gasteiger partial charge in [-0.15, -0.1) is 0 Å². The minimum atomic E-state index is 0.183. The van der Waals surface area contributed by atoms with E-state index in [0.29, 0.717) is 0 Å². The summed E-state index contributed by atoms with van der Waals surface area (Å²) in [4.78, 5) is 17.5. The maximum Gasteiger partial charge on any atom is 0.227 e. The van der Waals surface area contributed by atoms with Crippen LogP contribution in [0.25, 0.3) is 0 Å². The highest BCUT2D eigenvalue weighted by Gasteiger charge is 2.24. The van der Waals surface area contributed by atoms with E-state index in [9.17, 15) is 0 Å². The standard InChI is InChI=1S/C17H24N4O/c1-14-13-16(20(2)22-14)19-17(21-11-7-4-8-12-21)18-15-9-5-3-6-10-15/h3,5-6,9-10,14H,4,7-8,11-13H2,1-2H3/b18-17-,19-16+. The van der Waals surface area contributed by atoms with E-state index in [4.69, 9.17) is 14.8 Å². The third-order valence-electron chi connectivity index (χ3n) is 4.02. The summed E-state index contributed by atoms with van der Waals surface area (Å²) < 4.78 is 0. The summed E-state index contributed by atoms with van der Waals surface area (Å²) in [6.45, 7) is 4.12. The zero-order valence-electron chi connectivity index (χ0n) is 13.4. The highest BCUT2D eigenvalue weighted by Crippen LogP contribution is 2.18. The molecule has 0 N–H and O–H groups in total. The van der Waals surface area contributed by atoms with Gasteiger partial charge in [-0.3, -0.25) is 4.84 Å². The number of rotatable bonds is 1. The molecule has 3 rings (SSSR count). The van der Waals surface area contributed by atoms with Gasteiger partial charge in [-0.2, -0.15) is 4.99 Å². The normalized spacial score (nSPS) is 25.1. The third kappa shape index (κ3) is 3.65. The van der Waals surface area contributed by atoms with E-state index in [1.807, 2.05) is 37.4 Å². The molecule has 22 heavy (non-hydrogen) atoms. The molecule has 0 saturated carbocycles. The molecule has 1 aromatic carbocycles. The first-order valence-corrected chi connectivity index (χ1v) is 8.09. The van der Waals surface area contributed by atoms with Crippen LogP contribution in [0.15, 0.2) is 40.3 Å². The predicted molar refractivity (Wildman–Crippen MR) is 89.3 cm³/mol. The van der Waals surface area contributed by atoms with Crippen LogP contribution in [-0.4, -0.2) is 48.0 Å². The van der Waals surface area contributed by atoms with Crippen LogP contribution < -0.4 is 0 Å². The number of para-hydroxylation sites is 1. The third-order valence-corrected chi connectivity index (χ3v) is 4.02. The monoisotopic (exact) mass is 300 g/mol. The number of hydrogen-bond acceptors (Lipinski definition) is 2. The van der Waals surface area contributed by atoms with Crippen molar-refractivity contribution < 1.29 is 4.84 Å². The number of benzene rings is 1. The fraction of sp³-hybridized carbons (Fsp3) is 0.529. The first-order valence-electron chi connectivity index (χ1n) is 8.09. The van der Waals surface area contributed by atoms with Crippen LogP contribution in [0, 0.1) is 0 Å². The van der Waals surface area contributed by atoms with Crippen molar-refractivity contribution in [3.8, 4) is 0 Å². The lowest BCUT2D eigenvalue weighted by Crippen LogP contribution is -2.36. The van der Waals surface area contributed by atoms with Crippen molar-refractivity contribution in [1.29, 1.82) is 0 Å². The molecule has 1 aromatic rings. The first-order chi connectivity index (χ1) is 10.7. The van der Waals surface area contributed by atoms with Crippen LogP contribution in [0.2, 0.25) is 0 Å². The molecule has 2 saturated heterocycles. The van der Waals surface area contributed by atoms with Gasteiger partial charge in [-0.05, 0) is 38.3 Å². The van der Waals surface area contributed by atoms with E-state index < -0.39 is 0 Å². The molecule has 0 amide bonds. The number of aliphatic imine (C=N–C) groups is 2. The van der Waals surface area contributed by atoms with Crippen LogP contribution in [-0.2, 0) is 4.84 Å². The Hall–Kier alpha value is -1.88. The van der Waals surface area contributed by atoms with Crippen molar-refractivity contribution in [3.05, 3.63) is 30.3 Å². The van der Waals surface area contributed by atoms with E-state index in [1.165, 1.54) is 19.3 Å². The molecule has 1 unspecified atom stereocenters. The van der Waals surface area contributed by atoms with Gasteiger partial charge in [0.1, 0.15) is 5.84 Å². The van der Waals surface area contributed by atoms with Crippen molar-refractivity contribution in [2.75, 3.05) is 20.1 Å². The molecule has 1 atom stereocenters. The Morgan fingerprint density at radius 3 is 2.50 bits per heavy atom. The number of guanidine groups is 1. The first kappa shape index (κ1) is 15.0. The zero-order chi connectivity index (χ0) is 15.4.